The highest BCUT2D eigenvalue weighted by Gasteiger charge is 2.35. The van der Waals surface area contributed by atoms with Crippen molar-refractivity contribution in [2.24, 2.45) is 5.92 Å². The van der Waals surface area contributed by atoms with Crippen LogP contribution in [0.15, 0.2) is 46.3 Å². The van der Waals surface area contributed by atoms with Gasteiger partial charge in [0.2, 0.25) is 5.91 Å². The SMILES string of the molecule is CN(Cc1ccc(Br)s1)C(=O)C1CNNC1c1ccccc1. The van der Waals surface area contributed by atoms with E-state index in [4.69, 9.17) is 0 Å². The van der Waals surface area contributed by atoms with E-state index in [1.807, 2.05) is 36.2 Å². The van der Waals surface area contributed by atoms with Crippen LogP contribution in [0.3, 0.4) is 0 Å². The Morgan fingerprint density at radius 3 is 2.77 bits per heavy atom. The molecule has 116 valence electrons. The molecule has 3 rings (SSSR count). The molecular formula is C16H18BrN3OS. The van der Waals surface area contributed by atoms with E-state index < -0.39 is 0 Å². The van der Waals surface area contributed by atoms with Crippen LogP contribution in [0.4, 0.5) is 0 Å². The lowest BCUT2D eigenvalue weighted by atomic mass is 9.94. The van der Waals surface area contributed by atoms with Gasteiger partial charge in [0.15, 0.2) is 0 Å². The second kappa shape index (κ2) is 6.91. The molecule has 0 spiro atoms. The Hall–Kier alpha value is -1.21. The van der Waals surface area contributed by atoms with Gasteiger partial charge in [-0.3, -0.25) is 10.2 Å². The summed E-state index contributed by atoms with van der Waals surface area (Å²) in [5.74, 6) is 0.0756. The van der Waals surface area contributed by atoms with Gasteiger partial charge in [0.05, 0.1) is 22.3 Å². The molecular weight excluding hydrogens is 362 g/mol. The summed E-state index contributed by atoms with van der Waals surface area (Å²) in [7, 11) is 1.87. The molecule has 2 unspecified atom stereocenters. The van der Waals surface area contributed by atoms with E-state index in [9.17, 15) is 4.79 Å². The molecule has 1 saturated heterocycles. The number of hydrazine groups is 1. The molecule has 0 radical (unpaired) electrons. The average molecular weight is 380 g/mol. The molecule has 2 aromatic rings. The van der Waals surface area contributed by atoms with Crippen molar-refractivity contribution < 1.29 is 4.79 Å². The van der Waals surface area contributed by atoms with Crippen LogP contribution in [-0.2, 0) is 11.3 Å². The maximum Gasteiger partial charge on any atom is 0.229 e. The van der Waals surface area contributed by atoms with Gasteiger partial charge < -0.3 is 4.90 Å². The second-order valence-corrected chi connectivity index (χ2v) is 7.97. The van der Waals surface area contributed by atoms with Crippen molar-refractivity contribution in [2.45, 2.75) is 12.6 Å². The van der Waals surface area contributed by atoms with Crippen LogP contribution < -0.4 is 10.9 Å². The summed E-state index contributed by atoms with van der Waals surface area (Å²) < 4.78 is 1.09. The monoisotopic (exact) mass is 379 g/mol. The molecule has 6 heteroatoms. The Morgan fingerprint density at radius 2 is 2.09 bits per heavy atom. The zero-order valence-electron chi connectivity index (χ0n) is 12.3. The van der Waals surface area contributed by atoms with Gasteiger partial charge >= 0.3 is 0 Å². The maximum atomic E-state index is 12.8. The third-order valence-electron chi connectivity index (χ3n) is 3.86. The van der Waals surface area contributed by atoms with E-state index in [0.717, 1.165) is 9.35 Å². The number of amides is 1. The quantitative estimate of drug-likeness (QED) is 0.858. The number of carbonyl (C=O) groups is 1. The van der Waals surface area contributed by atoms with Gasteiger partial charge in [0.25, 0.3) is 0 Å². The van der Waals surface area contributed by atoms with Crippen molar-refractivity contribution in [3.63, 3.8) is 0 Å². The molecule has 0 bridgehead atoms. The Bertz CT molecular complexity index is 646. The average Bonchev–Trinajstić information content (AvgIpc) is 3.16. The normalized spacial score (nSPS) is 21.0. The summed E-state index contributed by atoms with van der Waals surface area (Å²) in [6.45, 7) is 1.30. The van der Waals surface area contributed by atoms with Crippen LogP contribution in [0.5, 0.6) is 0 Å². The third kappa shape index (κ3) is 3.41. The highest BCUT2D eigenvalue weighted by atomic mass is 79.9. The standard InChI is InChI=1S/C16H18BrN3OS/c1-20(10-12-7-8-14(17)22-12)16(21)13-9-18-19-15(13)11-5-3-2-4-6-11/h2-8,13,15,18-19H,9-10H2,1H3. The van der Waals surface area contributed by atoms with Crippen LogP contribution in [0.25, 0.3) is 0 Å². The van der Waals surface area contributed by atoms with Gasteiger partial charge in [0, 0.05) is 18.5 Å². The number of thiophene rings is 1. The highest BCUT2D eigenvalue weighted by Crippen LogP contribution is 2.28. The van der Waals surface area contributed by atoms with Crippen molar-refractivity contribution in [2.75, 3.05) is 13.6 Å². The van der Waals surface area contributed by atoms with Gasteiger partial charge in [-0.15, -0.1) is 11.3 Å². The summed E-state index contributed by atoms with van der Waals surface area (Å²) in [5.41, 5.74) is 7.48. The largest absolute Gasteiger partial charge is 0.340 e. The topological polar surface area (TPSA) is 44.4 Å². The zero-order chi connectivity index (χ0) is 15.5. The minimum absolute atomic E-state index is 0.0196. The predicted octanol–water partition coefficient (Wildman–Crippen LogP) is 2.93. The summed E-state index contributed by atoms with van der Waals surface area (Å²) in [5, 5.41) is 0. The number of hydrogen-bond acceptors (Lipinski definition) is 4. The number of benzene rings is 1. The van der Waals surface area contributed by atoms with Crippen LogP contribution >= 0.6 is 27.3 Å². The van der Waals surface area contributed by atoms with Crippen LogP contribution in [0.1, 0.15) is 16.5 Å². The van der Waals surface area contributed by atoms with Crippen LogP contribution in [-0.4, -0.2) is 24.4 Å². The van der Waals surface area contributed by atoms with Gasteiger partial charge in [-0.05, 0) is 33.6 Å². The van der Waals surface area contributed by atoms with E-state index in [-0.39, 0.29) is 17.9 Å². The molecule has 2 N–H and O–H groups in total. The van der Waals surface area contributed by atoms with E-state index in [1.165, 1.54) is 4.88 Å². The van der Waals surface area contributed by atoms with E-state index >= 15 is 0 Å². The Kier molecular flexibility index (Phi) is 4.93. The van der Waals surface area contributed by atoms with Crippen LogP contribution in [0.2, 0.25) is 0 Å². The summed E-state index contributed by atoms with van der Waals surface area (Å²) in [4.78, 5) is 15.8. The molecule has 1 fully saturated rings. The number of halogens is 1. The molecule has 1 aliphatic rings. The van der Waals surface area contributed by atoms with Crippen LogP contribution in [0, 0.1) is 5.92 Å². The number of nitrogens with one attached hydrogen (secondary N) is 2. The fraction of sp³-hybridized carbons (Fsp3) is 0.312. The first-order valence-corrected chi connectivity index (χ1v) is 8.78. The van der Waals surface area contributed by atoms with E-state index in [1.54, 1.807) is 11.3 Å². The van der Waals surface area contributed by atoms with E-state index in [0.29, 0.717) is 13.1 Å². The summed E-state index contributed by atoms with van der Waals surface area (Å²) in [6.07, 6.45) is 0. The van der Waals surface area contributed by atoms with Gasteiger partial charge in [-0.1, -0.05) is 30.3 Å². The Morgan fingerprint density at radius 1 is 1.32 bits per heavy atom. The third-order valence-corrected chi connectivity index (χ3v) is 5.46. The molecule has 1 aromatic carbocycles. The fourth-order valence-electron chi connectivity index (χ4n) is 2.73. The molecule has 1 aromatic heterocycles. The highest BCUT2D eigenvalue weighted by molar-refractivity contribution is 9.11. The lowest BCUT2D eigenvalue weighted by Gasteiger charge is -2.24. The molecule has 1 aliphatic heterocycles. The second-order valence-electron chi connectivity index (χ2n) is 5.42. The van der Waals surface area contributed by atoms with Gasteiger partial charge in [-0.2, -0.15) is 0 Å². The minimum Gasteiger partial charge on any atom is -0.340 e. The smallest absolute Gasteiger partial charge is 0.229 e. The Balaban J connectivity index is 1.70. The Labute approximate surface area is 142 Å². The predicted molar refractivity (Wildman–Crippen MR) is 92.3 cm³/mol. The lowest BCUT2D eigenvalue weighted by molar-refractivity contribution is -0.134. The lowest BCUT2D eigenvalue weighted by Crippen LogP contribution is -2.36. The molecule has 2 heterocycles. The van der Waals surface area contributed by atoms with Gasteiger partial charge in [-0.25, -0.2) is 5.43 Å². The van der Waals surface area contributed by atoms with Crippen molar-refractivity contribution in [1.82, 2.24) is 15.8 Å². The first-order valence-electron chi connectivity index (χ1n) is 7.17. The molecule has 22 heavy (non-hydrogen) atoms. The van der Waals surface area contributed by atoms with E-state index in [2.05, 4.69) is 45.0 Å². The first kappa shape index (κ1) is 15.7. The van der Waals surface area contributed by atoms with Crippen molar-refractivity contribution in [1.29, 1.82) is 0 Å². The molecule has 0 aliphatic carbocycles. The number of nitrogens with zero attached hydrogens (tertiary/aromatic N) is 1. The molecule has 1 amide bonds. The summed E-state index contributed by atoms with van der Waals surface area (Å²) >= 11 is 5.13. The maximum absolute atomic E-state index is 12.8. The van der Waals surface area contributed by atoms with Crippen molar-refractivity contribution in [3.8, 4) is 0 Å². The first-order chi connectivity index (χ1) is 10.6. The zero-order valence-corrected chi connectivity index (χ0v) is 14.7. The number of rotatable bonds is 4. The molecule has 2 atom stereocenters. The van der Waals surface area contributed by atoms with Crippen molar-refractivity contribution in [3.05, 3.63) is 56.7 Å². The number of carbonyl (C=O) groups excluding carboxylic acids is 1. The summed E-state index contributed by atoms with van der Waals surface area (Å²) in [6, 6.07) is 14.2. The van der Waals surface area contributed by atoms with Gasteiger partial charge in [0.1, 0.15) is 0 Å². The fourth-order valence-corrected chi connectivity index (χ4v) is 4.27. The number of hydrogen-bond donors (Lipinski definition) is 2. The molecule has 4 nitrogen and oxygen atoms in total. The van der Waals surface area contributed by atoms with Crippen molar-refractivity contribution >= 4 is 33.2 Å². The minimum atomic E-state index is -0.0872. The molecule has 0 saturated carbocycles.